The maximum Gasteiger partial charge on any atom is 0.243 e. The number of amides is 1. The van der Waals surface area contributed by atoms with Gasteiger partial charge < -0.3 is 15.5 Å². The van der Waals surface area contributed by atoms with Crippen LogP contribution in [0.1, 0.15) is 34.1 Å². The Morgan fingerprint density at radius 1 is 1.17 bits per heavy atom. The molecule has 2 heterocycles. The van der Waals surface area contributed by atoms with Crippen LogP contribution in [0.15, 0.2) is 65.6 Å². The molecule has 0 bridgehead atoms. The molecule has 1 atom stereocenters. The fourth-order valence-corrected chi connectivity index (χ4v) is 6.53. The topological polar surface area (TPSA) is 120 Å². The lowest BCUT2D eigenvalue weighted by Gasteiger charge is -2.22. The van der Waals surface area contributed by atoms with E-state index < -0.39 is 15.4 Å². The number of sulfonamides is 1. The zero-order chi connectivity index (χ0) is 25.5. The molecule has 1 aliphatic heterocycles. The second kappa shape index (κ2) is 9.48. The van der Waals surface area contributed by atoms with E-state index in [1.807, 2.05) is 0 Å². The number of hydrogen-bond donors (Lipinski definition) is 3. The summed E-state index contributed by atoms with van der Waals surface area (Å²) < 4.78 is 27.4. The maximum absolute atomic E-state index is 13.1. The molecule has 0 unspecified atom stereocenters. The maximum atomic E-state index is 13.1. The summed E-state index contributed by atoms with van der Waals surface area (Å²) in [6.07, 6.45) is 2.69. The van der Waals surface area contributed by atoms with Gasteiger partial charge in [0.2, 0.25) is 15.9 Å². The van der Waals surface area contributed by atoms with Crippen LogP contribution in [0.2, 0.25) is 5.02 Å². The monoisotopic (exact) mass is 531 g/mol. The molecule has 36 heavy (non-hydrogen) atoms. The van der Waals surface area contributed by atoms with Crippen LogP contribution < -0.4 is 5.32 Å². The minimum absolute atomic E-state index is 0. The van der Waals surface area contributed by atoms with E-state index >= 15 is 0 Å². The van der Waals surface area contributed by atoms with Crippen molar-refractivity contribution in [2.45, 2.75) is 42.0 Å². The number of carbonyl (C=O) groups excluding carboxylic acids is 1. The number of rotatable bonds is 7. The molecular weight excluding hydrogens is 502 g/mol. The number of benzene rings is 2. The molecule has 1 saturated carbocycles. The van der Waals surface area contributed by atoms with Crippen molar-refractivity contribution in [2.24, 2.45) is 0 Å². The summed E-state index contributed by atoms with van der Waals surface area (Å²) >= 11 is 5.91. The lowest BCUT2D eigenvalue weighted by atomic mass is 9.94. The molecule has 5 rings (SSSR count). The molecule has 192 valence electrons. The zero-order valence-corrected chi connectivity index (χ0v) is 21.0. The number of nitrogens with one attached hydrogen (secondary N) is 1. The average molecular weight is 532 g/mol. The molecule has 3 aromatic rings. The summed E-state index contributed by atoms with van der Waals surface area (Å²) in [6, 6.07) is 16.2. The largest absolute Gasteiger partial charge is 0.506 e. The number of nitrogens with zero attached hydrogens (tertiary/aromatic N) is 2. The fraction of sp³-hybridized carbons (Fsp3) is 0.308. The predicted molar refractivity (Wildman–Crippen MR) is 141 cm³/mol. The summed E-state index contributed by atoms with van der Waals surface area (Å²) in [6.45, 7) is 0.204. The summed E-state index contributed by atoms with van der Waals surface area (Å²) in [4.78, 5) is 17.8. The molecule has 8 nitrogen and oxygen atoms in total. The number of phenolic OH excluding ortho intramolecular Hbond substituents is 1. The first kappa shape index (κ1) is 24.7. The molecule has 1 aromatic heterocycles. The van der Waals surface area contributed by atoms with Crippen LogP contribution in [0.25, 0.3) is 11.3 Å². The number of phenols is 1. The van der Waals surface area contributed by atoms with Crippen molar-refractivity contribution in [3.8, 4) is 17.0 Å². The lowest BCUT2D eigenvalue weighted by molar-refractivity contribution is -0.118. The SMILES string of the molecule is O=C(Nc1cccc(-c2ccc(S(=O)(=O)N3CCC[C@@H]3CO)cc2)n1)C1(c2ccc(Cl)c(O)c2)CC1.[HH].[HH]. The number of carbonyl (C=O) groups is 1. The Bertz CT molecular complexity index is 1420. The first-order valence-corrected chi connectivity index (χ1v) is 13.6. The van der Waals surface area contributed by atoms with E-state index in [1.165, 1.54) is 22.5 Å². The molecule has 0 spiro atoms. The minimum Gasteiger partial charge on any atom is -0.506 e. The highest BCUT2D eigenvalue weighted by molar-refractivity contribution is 7.89. The number of hydrogen-bond acceptors (Lipinski definition) is 6. The van der Waals surface area contributed by atoms with Gasteiger partial charge in [-0.15, -0.1) is 0 Å². The smallest absolute Gasteiger partial charge is 0.243 e. The Balaban J connectivity index is 0.00000200. The van der Waals surface area contributed by atoms with Gasteiger partial charge in [-0.3, -0.25) is 4.79 Å². The number of aromatic hydroxyl groups is 1. The molecule has 10 heteroatoms. The third-order valence-corrected chi connectivity index (χ3v) is 9.25. The number of aliphatic hydroxyl groups is 1. The summed E-state index contributed by atoms with van der Waals surface area (Å²) in [5.74, 6) is 0.108. The zero-order valence-electron chi connectivity index (χ0n) is 19.4. The van der Waals surface area contributed by atoms with Crippen molar-refractivity contribution in [3.63, 3.8) is 0 Å². The van der Waals surface area contributed by atoms with Crippen molar-refractivity contribution >= 4 is 33.3 Å². The fourth-order valence-electron chi connectivity index (χ4n) is 4.72. The highest BCUT2D eigenvalue weighted by Crippen LogP contribution is 2.50. The molecule has 0 radical (unpaired) electrons. The third-order valence-electron chi connectivity index (χ3n) is 6.96. The summed E-state index contributed by atoms with van der Waals surface area (Å²) in [5, 5.41) is 22.6. The van der Waals surface area contributed by atoms with Gasteiger partial charge in [0.15, 0.2) is 0 Å². The van der Waals surface area contributed by atoms with E-state index in [2.05, 4.69) is 10.3 Å². The van der Waals surface area contributed by atoms with Gasteiger partial charge in [0.1, 0.15) is 11.6 Å². The number of halogens is 1. The Hall–Kier alpha value is -2.98. The Morgan fingerprint density at radius 3 is 2.58 bits per heavy atom. The molecular formula is C26H30ClN3O5S. The van der Waals surface area contributed by atoms with Crippen LogP contribution in [-0.2, 0) is 20.2 Å². The van der Waals surface area contributed by atoms with Crippen LogP contribution in [0.4, 0.5) is 5.82 Å². The Kier molecular flexibility index (Phi) is 6.50. The molecule has 1 amide bonds. The summed E-state index contributed by atoms with van der Waals surface area (Å²) in [7, 11) is -3.69. The minimum atomic E-state index is -3.69. The molecule has 2 aromatic carbocycles. The van der Waals surface area contributed by atoms with E-state index in [1.54, 1.807) is 42.5 Å². The molecule has 1 aliphatic carbocycles. The first-order valence-electron chi connectivity index (χ1n) is 11.8. The molecule has 1 saturated heterocycles. The standard InChI is InChI=1S/C26H26ClN3O5S.2H2/c27-21-11-8-18(15-23(21)32)26(12-13-26)25(33)29-24-5-1-4-22(28-24)17-6-9-20(10-7-17)36(34,35)30-14-2-3-19(30)16-31;;/h1,4-11,15,19,31-32H,2-3,12-14,16H2,(H,28,29,33);2*1H/t19-;;/m1../s1. The molecule has 2 aliphatic rings. The second-order valence-corrected chi connectivity index (χ2v) is 11.5. The van der Waals surface area contributed by atoms with Gasteiger partial charge >= 0.3 is 0 Å². The van der Waals surface area contributed by atoms with Crippen LogP contribution in [-0.4, -0.2) is 53.0 Å². The van der Waals surface area contributed by atoms with Crippen molar-refractivity contribution < 1.29 is 26.3 Å². The number of aliphatic hydroxyl groups excluding tert-OH is 1. The van der Waals surface area contributed by atoms with E-state index in [4.69, 9.17) is 11.6 Å². The number of aromatic nitrogens is 1. The van der Waals surface area contributed by atoms with Gasteiger partial charge in [-0.05, 0) is 67.6 Å². The van der Waals surface area contributed by atoms with Gasteiger partial charge in [0, 0.05) is 21.0 Å². The number of pyridine rings is 1. The van der Waals surface area contributed by atoms with E-state index in [-0.39, 0.29) is 37.1 Å². The quantitative estimate of drug-likeness (QED) is 0.415. The van der Waals surface area contributed by atoms with Crippen molar-refractivity contribution in [1.29, 1.82) is 0 Å². The van der Waals surface area contributed by atoms with Crippen molar-refractivity contribution in [2.75, 3.05) is 18.5 Å². The third kappa shape index (κ3) is 4.48. The van der Waals surface area contributed by atoms with E-state index in [0.29, 0.717) is 48.4 Å². The second-order valence-electron chi connectivity index (χ2n) is 9.23. The Morgan fingerprint density at radius 2 is 1.92 bits per heavy atom. The number of anilines is 1. The Labute approximate surface area is 217 Å². The van der Waals surface area contributed by atoms with Crippen molar-refractivity contribution in [1.82, 2.24) is 9.29 Å². The van der Waals surface area contributed by atoms with Crippen molar-refractivity contribution in [3.05, 3.63) is 71.2 Å². The van der Waals surface area contributed by atoms with Crippen LogP contribution in [0.3, 0.4) is 0 Å². The molecule has 2 fully saturated rings. The highest BCUT2D eigenvalue weighted by Gasteiger charge is 2.51. The van der Waals surface area contributed by atoms with Crippen LogP contribution in [0.5, 0.6) is 5.75 Å². The van der Waals surface area contributed by atoms with Gasteiger partial charge in [-0.1, -0.05) is 35.9 Å². The predicted octanol–water partition coefficient (Wildman–Crippen LogP) is 4.42. The van der Waals surface area contributed by atoms with Crippen LogP contribution >= 0.6 is 11.6 Å². The molecule has 3 N–H and O–H groups in total. The van der Waals surface area contributed by atoms with E-state index in [0.717, 1.165) is 6.42 Å². The van der Waals surface area contributed by atoms with Gasteiger partial charge in [-0.25, -0.2) is 13.4 Å². The normalized spacial score (nSPS) is 19.2. The van der Waals surface area contributed by atoms with Gasteiger partial charge in [-0.2, -0.15) is 4.31 Å². The lowest BCUT2D eigenvalue weighted by Crippen LogP contribution is -2.37. The highest BCUT2D eigenvalue weighted by atomic mass is 35.5. The average Bonchev–Trinajstić information content (AvgIpc) is 3.55. The van der Waals surface area contributed by atoms with Gasteiger partial charge in [0.05, 0.1) is 27.6 Å². The van der Waals surface area contributed by atoms with Crippen LogP contribution in [0, 0.1) is 0 Å². The van der Waals surface area contributed by atoms with Gasteiger partial charge in [0.25, 0.3) is 0 Å². The summed E-state index contributed by atoms with van der Waals surface area (Å²) in [5.41, 5.74) is 1.27. The van der Waals surface area contributed by atoms with E-state index in [9.17, 15) is 23.4 Å². The first-order chi connectivity index (χ1) is 17.2.